The predicted molar refractivity (Wildman–Crippen MR) is 54.3 cm³/mol. The first-order chi connectivity index (χ1) is 7.35. The Hall–Kier alpha value is -1.89. The summed E-state index contributed by atoms with van der Waals surface area (Å²) < 4.78 is 16.1. The van der Waals surface area contributed by atoms with Crippen molar-refractivity contribution < 1.29 is 14.2 Å². The van der Waals surface area contributed by atoms with Crippen molar-refractivity contribution in [2.24, 2.45) is 0 Å². The zero-order valence-electron chi connectivity index (χ0n) is 8.45. The van der Waals surface area contributed by atoms with Crippen molar-refractivity contribution in [1.82, 2.24) is 0 Å². The van der Waals surface area contributed by atoms with Gasteiger partial charge in [0.15, 0.2) is 11.5 Å². The molecule has 0 radical (unpaired) electrons. The maximum atomic E-state index is 6.82. The third kappa shape index (κ3) is 1.82. The van der Waals surface area contributed by atoms with Gasteiger partial charge in [0.25, 0.3) is 0 Å². The molecule has 0 spiro atoms. The van der Waals surface area contributed by atoms with E-state index in [1.54, 1.807) is 7.11 Å². The molecule has 4 nitrogen and oxygen atoms in total. The third-order valence-corrected chi connectivity index (χ3v) is 2.15. The maximum Gasteiger partial charge on any atom is 0.240 e. The summed E-state index contributed by atoms with van der Waals surface area (Å²) in [5.74, 6) is 1.93. The fraction of sp³-hybridized carbons (Fsp3) is 0.364. The number of fused-ring (bicyclic) bond motifs is 1. The molecular weight excluding hydrogens is 194 g/mol. The molecule has 1 aromatic carbocycles. The van der Waals surface area contributed by atoms with Crippen LogP contribution in [0, 0.1) is 6.57 Å². The highest BCUT2D eigenvalue weighted by Gasteiger charge is 2.18. The number of rotatable bonds is 2. The number of methoxy groups -OCH3 is 1. The quantitative estimate of drug-likeness (QED) is 0.691. The molecule has 0 fully saturated rings. The van der Waals surface area contributed by atoms with Crippen LogP contribution >= 0.6 is 0 Å². The van der Waals surface area contributed by atoms with Crippen LogP contribution in [0.4, 0.5) is 0 Å². The van der Waals surface area contributed by atoms with E-state index in [9.17, 15) is 0 Å². The number of hydrogen-bond acceptors (Lipinski definition) is 3. The smallest absolute Gasteiger partial charge is 0.240 e. The molecule has 1 aromatic rings. The largest absolute Gasteiger partial charge is 0.493 e. The lowest BCUT2D eigenvalue weighted by atomic mass is 10.1. The summed E-state index contributed by atoms with van der Waals surface area (Å²) in [6.45, 7) is 8.22. The van der Waals surface area contributed by atoms with E-state index in [4.69, 9.17) is 20.8 Å². The Morgan fingerprint density at radius 2 is 2.20 bits per heavy atom. The minimum absolute atomic E-state index is 0.326. The lowest BCUT2D eigenvalue weighted by Gasteiger charge is -2.20. The van der Waals surface area contributed by atoms with Crippen molar-refractivity contribution in [3.05, 3.63) is 29.1 Å². The van der Waals surface area contributed by atoms with Crippen molar-refractivity contribution in [1.29, 1.82) is 0 Å². The van der Waals surface area contributed by atoms with E-state index < -0.39 is 0 Å². The fourth-order valence-corrected chi connectivity index (χ4v) is 1.51. The molecule has 4 heteroatoms. The normalized spacial score (nSPS) is 13.1. The van der Waals surface area contributed by atoms with Crippen LogP contribution in [-0.4, -0.2) is 20.3 Å². The van der Waals surface area contributed by atoms with Gasteiger partial charge in [-0.15, -0.1) is 0 Å². The van der Waals surface area contributed by atoms with Crippen LogP contribution in [0.1, 0.15) is 5.56 Å². The van der Waals surface area contributed by atoms with Crippen LogP contribution in [0.25, 0.3) is 4.85 Å². The molecule has 2 rings (SSSR count). The molecule has 0 amide bonds. The van der Waals surface area contributed by atoms with Crippen LogP contribution in [0.2, 0.25) is 0 Å². The molecule has 0 saturated carbocycles. The van der Waals surface area contributed by atoms with E-state index in [-0.39, 0.29) is 0 Å². The Labute approximate surface area is 88.2 Å². The second kappa shape index (κ2) is 4.09. The molecule has 1 heterocycles. The number of hydrogen-bond donors (Lipinski definition) is 0. The van der Waals surface area contributed by atoms with Crippen molar-refractivity contribution in [3.8, 4) is 17.2 Å². The van der Waals surface area contributed by atoms with Gasteiger partial charge in [-0.3, -0.25) is 0 Å². The van der Waals surface area contributed by atoms with Gasteiger partial charge in [-0.1, -0.05) is 0 Å². The molecule has 1 aliphatic rings. The Morgan fingerprint density at radius 1 is 1.40 bits per heavy atom. The summed E-state index contributed by atoms with van der Waals surface area (Å²) in [4.78, 5) is 3.33. The molecule has 0 aromatic heterocycles. The number of nitrogens with zero attached hydrogens (tertiary/aromatic N) is 1. The van der Waals surface area contributed by atoms with Crippen LogP contribution in [0.3, 0.4) is 0 Å². The van der Waals surface area contributed by atoms with Crippen molar-refractivity contribution in [2.75, 3.05) is 20.3 Å². The van der Waals surface area contributed by atoms with E-state index in [1.807, 2.05) is 12.1 Å². The van der Waals surface area contributed by atoms with Gasteiger partial charge in [0.2, 0.25) is 12.3 Å². The Morgan fingerprint density at radius 3 is 2.93 bits per heavy atom. The molecule has 1 aliphatic heterocycles. The Bertz CT molecular complexity index is 392. The monoisotopic (exact) mass is 205 g/mol. The molecule has 0 atom stereocenters. The predicted octanol–water partition coefficient (Wildman–Crippen LogP) is 1.89. The zero-order chi connectivity index (χ0) is 10.7. The van der Waals surface area contributed by atoms with Crippen LogP contribution in [-0.2, 0) is 6.54 Å². The van der Waals surface area contributed by atoms with Crippen LogP contribution in [0.5, 0.6) is 17.2 Å². The van der Waals surface area contributed by atoms with Crippen molar-refractivity contribution >= 4 is 0 Å². The lowest BCUT2D eigenvalue weighted by molar-refractivity contribution is 0.165. The minimum Gasteiger partial charge on any atom is -0.493 e. The molecule has 15 heavy (non-hydrogen) atoms. The second-order valence-electron chi connectivity index (χ2n) is 3.14. The summed E-state index contributed by atoms with van der Waals surface area (Å²) in [6.07, 6.45) is 0. The van der Waals surface area contributed by atoms with E-state index in [0.29, 0.717) is 37.0 Å². The second-order valence-corrected chi connectivity index (χ2v) is 3.14. The van der Waals surface area contributed by atoms with Gasteiger partial charge in [-0.05, 0) is 12.1 Å². The van der Waals surface area contributed by atoms with Gasteiger partial charge in [0.05, 0.1) is 7.11 Å². The van der Waals surface area contributed by atoms with E-state index >= 15 is 0 Å². The highest BCUT2D eigenvalue weighted by atomic mass is 16.6. The standard InChI is InChI=1S/C11H11NO3/c1-12-7-8-5-9(13-2)11-10(6-8)14-3-4-15-11/h5-6H,3-4,7H2,2H3. The summed E-state index contributed by atoms with van der Waals surface area (Å²) >= 11 is 0. The minimum atomic E-state index is 0.326. The molecule has 0 saturated heterocycles. The fourth-order valence-electron chi connectivity index (χ4n) is 1.51. The average Bonchev–Trinajstić information content (AvgIpc) is 2.28. The first-order valence-corrected chi connectivity index (χ1v) is 4.65. The first kappa shape index (κ1) is 9.66. The molecular formula is C11H11NO3. The third-order valence-electron chi connectivity index (χ3n) is 2.15. The van der Waals surface area contributed by atoms with E-state index in [2.05, 4.69) is 4.85 Å². The highest BCUT2D eigenvalue weighted by Crippen LogP contribution is 2.40. The van der Waals surface area contributed by atoms with Gasteiger partial charge >= 0.3 is 0 Å². The van der Waals surface area contributed by atoms with E-state index in [0.717, 1.165) is 5.56 Å². The topological polar surface area (TPSA) is 32.0 Å². The van der Waals surface area contributed by atoms with Crippen molar-refractivity contribution in [2.45, 2.75) is 6.54 Å². The number of benzene rings is 1. The van der Waals surface area contributed by atoms with Gasteiger partial charge in [-0.2, -0.15) is 0 Å². The summed E-state index contributed by atoms with van der Waals surface area (Å²) in [7, 11) is 1.58. The van der Waals surface area contributed by atoms with Gasteiger partial charge in [-0.25, -0.2) is 6.57 Å². The highest BCUT2D eigenvalue weighted by molar-refractivity contribution is 5.54. The first-order valence-electron chi connectivity index (χ1n) is 4.65. The molecule has 0 unspecified atom stereocenters. The maximum absolute atomic E-state index is 6.82. The number of ether oxygens (including phenoxy) is 3. The zero-order valence-corrected chi connectivity index (χ0v) is 8.45. The SMILES string of the molecule is [C-]#[N+]Cc1cc(OC)c2c(c1)OCCO2. The van der Waals surface area contributed by atoms with Crippen molar-refractivity contribution in [3.63, 3.8) is 0 Å². The summed E-state index contributed by atoms with van der Waals surface area (Å²) in [6, 6.07) is 3.64. The lowest BCUT2D eigenvalue weighted by Crippen LogP contribution is -2.16. The van der Waals surface area contributed by atoms with E-state index in [1.165, 1.54) is 0 Å². The Kier molecular flexibility index (Phi) is 2.64. The average molecular weight is 205 g/mol. The van der Waals surface area contributed by atoms with Crippen LogP contribution < -0.4 is 14.2 Å². The molecule has 0 bridgehead atoms. The van der Waals surface area contributed by atoms with Crippen LogP contribution in [0.15, 0.2) is 12.1 Å². The molecule has 0 N–H and O–H groups in total. The summed E-state index contributed by atoms with van der Waals surface area (Å²) in [5, 5.41) is 0. The van der Waals surface area contributed by atoms with Gasteiger partial charge < -0.3 is 19.1 Å². The molecule has 78 valence electrons. The van der Waals surface area contributed by atoms with Gasteiger partial charge in [0, 0.05) is 5.56 Å². The van der Waals surface area contributed by atoms with Gasteiger partial charge in [0.1, 0.15) is 13.2 Å². The Balaban J connectivity index is 2.44. The molecule has 0 aliphatic carbocycles. The summed E-state index contributed by atoms with van der Waals surface area (Å²) in [5.41, 5.74) is 0.881.